The fraction of sp³-hybridized carbons (Fsp3) is 0.462. The van der Waals surface area contributed by atoms with Crippen molar-refractivity contribution >= 4 is 16.0 Å². The van der Waals surface area contributed by atoms with Gasteiger partial charge in [0.05, 0.1) is 31.1 Å². The number of rotatable bonds is 5. The number of carbonyl (C=O) groups excluding carboxylic acids is 1. The standard InChI is InChI=1S/C13H17NO6S/c1-19-11-6-5-9(8-12(11)20-2)21(17,18)14-7-3-4-10(14)13(15)16/h5-6,8,10H,3-4,7H2,1-2H3,(H,15,16)/p-1/t10-/m0/s1. The Morgan fingerprint density at radius 2 is 1.95 bits per heavy atom. The van der Waals surface area contributed by atoms with E-state index in [4.69, 9.17) is 9.47 Å². The Bertz CT molecular complexity index is 642. The van der Waals surface area contributed by atoms with Gasteiger partial charge in [-0.15, -0.1) is 0 Å². The van der Waals surface area contributed by atoms with Crippen LogP contribution in [0.15, 0.2) is 23.1 Å². The number of benzene rings is 1. The summed E-state index contributed by atoms with van der Waals surface area (Å²) in [5.74, 6) is -0.714. The number of hydrogen-bond acceptors (Lipinski definition) is 6. The van der Waals surface area contributed by atoms with Gasteiger partial charge in [-0.1, -0.05) is 0 Å². The summed E-state index contributed by atoms with van der Waals surface area (Å²) in [5, 5.41) is 11.1. The highest BCUT2D eigenvalue weighted by Crippen LogP contribution is 2.32. The minimum absolute atomic E-state index is 0.0340. The third-order valence-corrected chi connectivity index (χ3v) is 5.34. The van der Waals surface area contributed by atoms with Crippen LogP contribution in [0.4, 0.5) is 0 Å². The number of hydrogen-bond donors (Lipinski definition) is 0. The Morgan fingerprint density at radius 1 is 1.29 bits per heavy atom. The maximum Gasteiger partial charge on any atom is 0.243 e. The Hall–Kier alpha value is -1.80. The molecule has 0 N–H and O–H groups in total. The molecule has 21 heavy (non-hydrogen) atoms. The van der Waals surface area contributed by atoms with Crippen LogP contribution in [0, 0.1) is 0 Å². The van der Waals surface area contributed by atoms with Crippen molar-refractivity contribution in [2.24, 2.45) is 0 Å². The molecule has 0 unspecified atom stereocenters. The maximum atomic E-state index is 12.6. The number of ether oxygens (including phenoxy) is 2. The van der Waals surface area contributed by atoms with Crippen LogP contribution in [0.2, 0.25) is 0 Å². The summed E-state index contributed by atoms with van der Waals surface area (Å²) < 4.78 is 36.2. The second kappa shape index (κ2) is 5.90. The molecule has 1 atom stereocenters. The summed E-state index contributed by atoms with van der Waals surface area (Å²) in [6.45, 7) is 0.162. The molecule has 1 saturated heterocycles. The normalized spacial score (nSPS) is 19.4. The molecule has 0 spiro atoms. The van der Waals surface area contributed by atoms with Gasteiger partial charge in [0, 0.05) is 12.6 Å². The van der Waals surface area contributed by atoms with Crippen LogP contribution >= 0.6 is 0 Å². The molecule has 0 radical (unpaired) electrons. The van der Waals surface area contributed by atoms with E-state index >= 15 is 0 Å². The zero-order valence-electron chi connectivity index (χ0n) is 11.7. The Kier molecular flexibility index (Phi) is 4.38. The summed E-state index contributed by atoms with van der Waals surface area (Å²) >= 11 is 0. The van der Waals surface area contributed by atoms with Gasteiger partial charge in [-0.2, -0.15) is 4.31 Å². The van der Waals surface area contributed by atoms with E-state index in [1.807, 2.05) is 0 Å². The lowest BCUT2D eigenvalue weighted by atomic mass is 10.2. The molecule has 0 amide bonds. The zero-order chi connectivity index (χ0) is 15.6. The molecule has 0 bridgehead atoms. The number of carboxylic acids is 1. The smallest absolute Gasteiger partial charge is 0.243 e. The van der Waals surface area contributed by atoms with Crippen LogP contribution in [0.3, 0.4) is 0 Å². The highest BCUT2D eigenvalue weighted by molar-refractivity contribution is 7.89. The first-order valence-corrected chi connectivity index (χ1v) is 7.80. The Morgan fingerprint density at radius 3 is 2.52 bits per heavy atom. The summed E-state index contributed by atoms with van der Waals surface area (Å²) in [6, 6.07) is 3.03. The summed E-state index contributed by atoms with van der Waals surface area (Å²) in [6.07, 6.45) is 0.750. The molecule has 7 nitrogen and oxygen atoms in total. The first kappa shape index (κ1) is 15.6. The lowest BCUT2D eigenvalue weighted by Gasteiger charge is -2.25. The van der Waals surface area contributed by atoms with Crippen LogP contribution < -0.4 is 14.6 Å². The van der Waals surface area contributed by atoms with Gasteiger partial charge < -0.3 is 19.4 Å². The van der Waals surface area contributed by atoms with Gasteiger partial charge in [-0.3, -0.25) is 0 Å². The van der Waals surface area contributed by atoms with Crippen molar-refractivity contribution in [1.82, 2.24) is 4.31 Å². The van der Waals surface area contributed by atoms with Crippen LogP contribution in [-0.2, 0) is 14.8 Å². The van der Waals surface area contributed by atoms with E-state index in [0.29, 0.717) is 12.2 Å². The van der Waals surface area contributed by atoms with E-state index < -0.39 is 22.0 Å². The lowest BCUT2D eigenvalue weighted by molar-refractivity contribution is -0.309. The number of methoxy groups -OCH3 is 2. The second-order valence-electron chi connectivity index (χ2n) is 4.61. The third kappa shape index (κ3) is 2.81. The maximum absolute atomic E-state index is 12.6. The quantitative estimate of drug-likeness (QED) is 0.734. The summed E-state index contributed by atoms with van der Waals surface area (Å²) in [5.41, 5.74) is 0. The average Bonchev–Trinajstić information content (AvgIpc) is 2.96. The Balaban J connectivity index is 2.42. The first-order chi connectivity index (χ1) is 9.91. The monoisotopic (exact) mass is 314 g/mol. The van der Waals surface area contributed by atoms with Crippen LogP contribution in [0.5, 0.6) is 11.5 Å². The molecule has 1 heterocycles. The molecule has 2 rings (SSSR count). The van der Waals surface area contributed by atoms with E-state index in [1.54, 1.807) is 0 Å². The molecular weight excluding hydrogens is 298 g/mol. The third-order valence-electron chi connectivity index (χ3n) is 3.44. The SMILES string of the molecule is COc1ccc(S(=O)(=O)N2CCC[C@H]2C(=O)[O-])cc1OC. The Labute approximate surface area is 123 Å². The van der Waals surface area contributed by atoms with Gasteiger partial charge >= 0.3 is 0 Å². The molecule has 1 aliphatic rings. The van der Waals surface area contributed by atoms with Crippen LogP contribution in [0.25, 0.3) is 0 Å². The molecule has 1 fully saturated rings. The van der Waals surface area contributed by atoms with Crippen molar-refractivity contribution in [2.75, 3.05) is 20.8 Å². The van der Waals surface area contributed by atoms with Gasteiger partial charge in [-0.25, -0.2) is 8.42 Å². The predicted molar refractivity (Wildman–Crippen MR) is 71.5 cm³/mol. The predicted octanol–water partition coefficient (Wildman–Crippen LogP) is -0.393. The van der Waals surface area contributed by atoms with Gasteiger partial charge in [-0.05, 0) is 25.0 Å². The number of aliphatic carboxylic acids is 1. The highest BCUT2D eigenvalue weighted by atomic mass is 32.2. The van der Waals surface area contributed by atoms with Crippen LogP contribution in [-0.4, -0.2) is 45.5 Å². The molecule has 1 aliphatic heterocycles. The van der Waals surface area contributed by atoms with E-state index in [9.17, 15) is 18.3 Å². The number of sulfonamides is 1. The fourth-order valence-electron chi connectivity index (χ4n) is 2.38. The molecule has 1 aromatic rings. The second-order valence-corrected chi connectivity index (χ2v) is 6.50. The van der Waals surface area contributed by atoms with E-state index in [0.717, 1.165) is 4.31 Å². The van der Waals surface area contributed by atoms with E-state index in [1.165, 1.54) is 32.4 Å². The van der Waals surface area contributed by atoms with Crippen LogP contribution in [0.1, 0.15) is 12.8 Å². The topological polar surface area (TPSA) is 96.0 Å². The summed E-state index contributed by atoms with van der Waals surface area (Å²) in [7, 11) is -1.07. The van der Waals surface area contributed by atoms with Crippen molar-refractivity contribution in [2.45, 2.75) is 23.8 Å². The lowest BCUT2D eigenvalue weighted by Crippen LogP contribution is -2.46. The molecule has 0 aromatic heterocycles. The number of nitrogens with zero attached hydrogens (tertiary/aromatic N) is 1. The minimum Gasteiger partial charge on any atom is -0.548 e. The van der Waals surface area contributed by atoms with Gasteiger partial charge in [0.2, 0.25) is 10.0 Å². The van der Waals surface area contributed by atoms with Crippen molar-refractivity contribution in [3.8, 4) is 11.5 Å². The van der Waals surface area contributed by atoms with E-state index in [-0.39, 0.29) is 23.6 Å². The molecule has 8 heteroatoms. The first-order valence-electron chi connectivity index (χ1n) is 6.36. The largest absolute Gasteiger partial charge is 0.548 e. The van der Waals surface area contributed by atoms with Gasteiger partial charge in [0.15, 0.2) is 11.5 Å². The zero-order valence-corrected chi connectivity index (χ0v) is 12.6. The summed E-state index contributed by atoms with van der Waals surface area (Å²) in [4.78, 5) is 11.0. The van der Waals surface area contributed by atoms with Crippen molar-refractivity contribution < 1.29 is 27.8 Å². The number of carbonyl (C=O) groups is 1. The highest BCUT2D eigenvalue weighted by Gasteiger charge is 2.36. The minimum atomic E-state index is -3.91. The number of carboxylic acid groups (broad SMARTS) is 1. The van der Waals surface area contributed by atoms with E-state index in [2.05, 4.69) is 0 Å². The fourth-order valence-corrected chi connectivity index (χ4v) is 4.04. The molecule has 0 saturated carbocycles. The molecule has 0 aliphatic carbocycles. The van der Waals surface area contributed by atoms with Gasteiger partial charge in [0.1, 0.15) is 0 Å². The molecular formula is C13H16NO6S-. The van der Waals surface area contributed by atoms with Crippen molar-refractivity contribution in [3.05, 3.63) is 18.2 Å². The van der Waals surface area contributed by atoms with Crippen molar-refractivity contribution in [3.63, 3.8) is 0 Å². The molecule has 1 aromatic carbocycles. The average molecular weight is 314 g/mol. The van der Waals surface area contributed by atoms with Gasteiger partial charge in [0.25, 0.3) is 0 Å². The molecule has 116 valence electrons. The van der Waals surface area contributed by atoms with Crippen molar-refractivity contribution in [1.29, 1.82) is 0 Å².